The molecule has 2 aromatic heterocycles. The van der Waals surface area contributed by atoms with Crippen LogP contribution in [0.3, 0.4) is 0 Å². The summed E-state index contributed by atoms with van der Waals surface area (Å²) in [5.41, 5.74) is 1.52. The summed E-state index contributed by atoms with van der Waals surface area (Å²) in [6.45, 7) is 0.263. The Morgan fingerprint density at radius 3 is 2.67 bits per heavy atom. The highest BCUT2D eigenvalue weighted by Crippen LogP contribution is 2.33. The first-order valence-electron chi connectivity index (χ1n) is 8.07. The van der Waals surface area contributed by atoms with Crippen molar-refractivity contribution in [1.82, 2.24) is 9.55 Å². The number of benzene rings is 1. The van der Waals surface area contributed by atoms with E-state index in [0.29, 0.717) is 5.39 Å². The minimum absolute atomic E-state index is 0.177. The van der Waals surface area contributed by atoms with Crippen molar-refractivity contribution in [2.24, 2.45) is 0 Å². The van der Waals surface area contributed by atoms with E-state index in [9.17, 15) is 9.59 Å². The van der Waals surface area contributed by atoms with E-state index in [4.69, 9.17) is 4.74 Å². The average Bonchev–Trinajstić information content (AvgIpc) is 2.97. The third-order valence-electron chi connectivity index (χ3n) is 4.60. The Morgan fingerprint density at radius 2 is 1.92 bits per heavy atom. The zero-order valence-corrected chi connectivity index (χ0v) is 14.2. The van der Waals surface area contributed by atoms with Crippen LogP contribution in [0.25, 0.3) is 10.2 Å². The molecule has 0 unspecified atom stereocenters. The number of nitrogens with one attached hydrogen (secondary N) is 1. The van der Waals surface area contributed by atoms with Crippen molar-refractivity contribution in [2.45, 2.75) is 32.2 Å². The standard InChI is InChI=1S/C18H18N2O3S/c1-23-12-8-6-11(7-9-12)10-20-17(21)15-13-4-2-3-5-14(13)24-16(15)19-18(20)22/h6-9H,2-5,10H2,1H3,(H,19,22). The smallest absolute Gasteiger partial charge is 0.329 e. The Hall–Kier alpha value is -2.34. The van der Waals surface area contributed by atoms with Crippen LogP contribution in [0.5, 0.6) is 5.75 Å². The van der Waals surface area contributed by atoms with Gasteiger partial charge in [0.15, 0.2) is 0 Å². The zero-order valence-electron chi connectivity index (χ0n) is 13.4. The van der Waals surface area contributed by atoms with Gasteiger partial charge in [-0.1, -0.05) is 12.1 Å². The highest BCUT2D eigenvalue weighted by molar-refractivity contribution is 7.18. The second kappa shape index (κ2) is 5.94. The minimum atomic E-state index is -0.345. The van der Waals surface area contributed by atoms with Crippen LogP contribution in [-0.2, 0) is 19.4 Å². The molecule has 4 rings (SSSR count). The fourth-order valence-corrected chi connectivity index (χ4v) is 4.60. The number of fused-ring (bicyclic) bond motifs is 3. The molecule has 0 saturated carbocycles. The predicted molar refractivity (Wildman–Crippen MR) is 95.4 cm³/mol. The number of aromatic amines is 1. The van der Waals surface area contributed by atoms with Gasteiger partial charge in [-0.2, -0.15) is 0 Å². The first kappa shape index (κ1) is 15.2. The van der Waals surface area contributed by atoms with Gasteiger partial charge in [-0.15, -0.1) is 11.3 Å². The molecule has 2 heterocycles. The van der Waals surface area contributed by atoms with Crippen molar-refractivity contribution < 1.29 is 4.74 Å². The summed E-state index contributed by atoms with van der Waals surface area (Å²) in [6.07, 6.45) is 4.20. The maximum Gasteiger partial charge on any atom is 0.329 e. The molecule has 0 atom stereocenters. The van der Waals surface area contributed by atoms with E-state index >= 15 is 0 Å². The van der Waals surface area contributed by atoms with Gasteiger partial charge in [0.2, 0.25) is 0 Å². The van der Waals surface area contributed by atoms with Gasteiger partial charge in [-0.3, -0.25) is 14.3 Å². The summed E-state index contributed by atoms with van der Waals surface area (Å²) in [5, 5.41) is 0.711. The van der Waals surface area contributed by atoms with Gasteiger partial charge in [0.05, 0.1) is 19.0 Å². The molecule has 6 heteroatoms. The Kier molecular flexibility index (Phi) is 3.76. The van der Waals surface area contributed by atoms with Crippen LogP contribution in [0.1, 0.15) is 28.8 Å². The molecule has 0 saturated heterocycles. The summed E-state index contributed by atoms with van der Waals surface area (Å²) >= 11 is 1.56. The molecule has 0 fully saturated rings. The van der Waals surface area contributed by atoms with Crippen LogP contribution in [0, 0.1) is 0 Å². The highest BCUT2D eigenvalue weighted by Gasteiger charge is 2.20. The lowest BCUT2D eigenvalue weighted by molar-refractivity contribution is 0.414. The van der Waals surface area contributed by atoms with Crippen molar-refractivity contribution in [2.75, 3.05) is 7.11 Å². The quantitative estimate of drug-likeness (QED) is 0.796. The Morgan fingerprint density at radius 1 is 1.17 bits per heavy atom. The molecule has 24 heavy (non-hydrogen) atoms. The number of methoxy groups -OCH3 is 1. The second-order valence-corrected chi connectivity index (χ2v) is 7.19. The number of nitrogens with zero attached hydrogens (tertiary/aromatic N) is 1. The number of aromatic nitrogens is 2. The van der Waals surface area contributed by atoms with Crippen LogP contribution in [-0.4, -0.2) is 16.7 Å². The van der Waals surface area contributed by atoms with Crippen molar-refractivity contribution >= 4 is 21.6 Å². The lowest BCUT2D eigenvalue weighted by Gasteiger charge is -2.10. The molecule has 0 bridgehead atoms. The molecule has 0 radical (unpaired) electrons. The molecule has 5 nitrogen and oxygen atoms in total. The van der Waals surface area contributed by atoms with Crippen molar-refractivity contribution in [3.05, 3.63) is 61.1 Å². The lowest BCUT2D eigenvalue weighted by atomic mass is 9.97. The summed E-state index contributed by atoms with van der Waals surface area (Å²) in [4.78, 5) is 30.2. The van der Waals surface area contributed by atoms with Crippen molar-refractivity contribution in [3.8, 4) is 5.75 Å². The van der Waals surface area contributed by atoms with Crippen LogP contribution in [0.2, 0.25) is 0 Å². The Bertz CT molecular complexity index is 1010. The van der Waals surface area contributed by atoms with Crippen molar-refractivity contribution in [1.29, 1.82) is 0 Å². The van der Waals surface area contributed by atoms with E-state index in [1.807, 2.05) is 24.3 Å². The SMILES string of the molecule is COc1ccc(Cn2c(=O)[nH]c3sc4c(c3c2=O)CCCC4)cc1. The molecule has 0 amide bonds. The maximum absolute atomic E-state index is 12.9. The molecular formula is C18H18N2O3S. The number of hydrogen-bond donors (Lipinski definition) is 1. The molecule has 124 valence electrons. The summed E-state index contributed by atoms with van der Waals surface area (Å²) in [6, 6.07) is 7.41. The molecule has 1 N–H and O–H groups in total. The van der Waals surface area contributed by atoms with Gasteiger partial charge in [0.1, 0.15) is 10.6 Å². The third-order valence-corrected chi connectivity index (χ3v) is 5.80. The molecule has 0 aliphatic heterocycles. The van der Waals surface area contributed by atoms with Gasteiger partial charge < -0.3 is 4.74 Å². The largest absolute Gasteiger partial charge is 0.497 e. The monoisotopic (exact) mass is 342 g/mol. The third kappa shape index (κ3) is 2.47. The fraction of sp³-hybridized carbons (Fsp3) is 0.333. The molecular weight excluding hydrogens is 324 g/mol. The van der Waals surface area contributed by atoms with Crippen LogP contribution in [0.15, 0.2) is 33.9 Å². The number of rotatable bonds is 3. The highest BCUT2D eigenvalue weighted by atomic mass is 32.1. The Labute approximate surface area is 142 Å². The summed E-state index contributed by atoms with van der Waals surface area (Å²) in [7, 11) is 1.61. The number of hydrogen-bond acceptors (Lipinski definition) is 4. The molecule has 3 aromatic rings. The molecule has 1 aliphatic carbocycles. The van der Waals surface area contributed by atoms with Gasteiger partial charge in [0, 0.05) is 4.88 Å². The van der Waals surface area contributed by atoms with Gasteiger partial charge in [-0.25, -0.2) is 4.79 Å². The van der Waals surface area contributed by atoms with Crippen LogP contribution < -0.4 is 16.0 Å². The molecule has 1 aliphatic rings. The van der Waals surface area contributed by atoms with Gasteiger partial charge in [0.25, 0.3) is 5.56 Å². The maximum atomic E-state index is 12.9. The van der Waals surface area contributed by atoms with E-state index in [1.165, 1.54) is 9.44 Å². The Balaban J connectivity index is 1.82. The first-order valence-corrected chi connectivity index (χ1v) is 8.89. The van der Waals surface area contributed by atoms with E-state index < -0.39 is 0 Å². The van der Waals surface area contributed by atoms with E-state index in [-0.39, 0.29) is 17.8 Å². The van der Waals surface area contributed by atoms with Gasteiger partial charge in [-0.05, 0) is 48.9 Å². The van der Waals surface area contributed by atoms with Crippen LogP contribution >= 0.6 is 11.3 Å². The van der Waals surface area contributed by atoms with E-state index in [1.54, 1.807) is 18.4 Å². The van der Waals surface area contributed by atoms with E-state index in [0.717, 1.165) is 47.4 Å². The molecule has 1 aromatic carbocycles. The first-order chi connectivity index (χ1) is 11.7. The minimum Gasteiger partial charge on any atom is -0.497 e. The van der Waals surface area contributed by atoms with Gasteiger partial charge >= 0.3 is 5.69 Å². The zero-order chi connectivity index (χ0) is 16.7. The number of ether oxygens (including phenoxy) is 1. The van der Waals surface area contributed by atoms with Crippen LogP contribution in [0.4, 0.5) is 0 Å². The second-order valence-electron chi connectivity index (χ2n) is 6.08. The van der Waals surface area contributed by atoms with Crippen molar-refractivity contribution in [3.63, 3.8) is 0 Å². The molecule has 0 spiro atoms. The summed E-state index contributed by atoms with van der Waals surface area (Å²) in [5.74, 6) is 0.752. The predicted octanol–water partition coefficient (Wildman–Crippen LogP) is 2.69. The van der Waals surface area contributed by atoms with E-state index in [2.05, 4.69) is 4.98 Å². The number of thiophene rings is 1. The fourth-order valence-electron chi connectivity index (χ4n) is 3.33. The average molecular weight is 342 g/mol. The normalized spacial score (nSPS) is 13.9. The lowest BCUT2D eigenvalue weighted by Crippen LogP contribution is -2.35. The number of aryl methyl sites for hydroxylation is 2. The topological polar surface area (TPSA) is 64.1 Å². The summed E-state index contributed by atoms with van der Waals surface area (Å²) < 4.78 is 6.44. The number of H-pyrrole nitrogens is 1.